The number of piperazine rings is 1. The van der Waals surface area contributed by atoms with Gasteiger partial charge in [0, 0.05) is 87.1 Å². The molecule has 3 heterocycles. The highest BCUT2D eigenvalue weighted by Gasteiger charge is 2.21. The van der Waals surface area contributed by atoms with Gasteiger partial charge in [-0.25, -0.2) is 4.98 Å². The summed E-state index contributed by atoms with van der Waals surface area (Å²) in [6.45, 7) is 9.16. The summed E-state index contributed by atoms with van der Waals surface area (Å²) in [5, 5.41) is 10.5. The van der Waals surface area contributed by atoms with Gasteiger partial charge in [-0.1, -0.05) is 30.3 Å². The smallest absolute Gasteiger partial charge is 0.224 e. The van der Waals surface area contributed by atoms with Crippen molar-refractivity contribution >= 4 is 45.6 Å². The van der Waals surface area contributed by atoms with Gasteiger partial charge in [0.1, 0.15) is 5.82 Å². The number of hydrogen-bond donors (Lipinski definition) is 3. The molecule has 0 aliphatic carbocycles. The highest BCUT2D eigenvalue weighted by molar-refractivity contribution is 5.96. The monoisotopic (exact) mass is 619 g/mol. The van der Waals surface area contributed by atoms with Crippen LogP contribution in [0.4, 0.5) is 22.9 Å². The van der Waals surface area contributed by atoms with Gasteiger partial charge >= 0.3 is 0 Å². The Labute approximate surface area is 272 Å². The maximum absolute atomic E-state index is 12.7. The van der Waals surface area contributed by atoms with E-state index in [9.17, 15) is 9.59 Å². The van der Waals surface area contributed by atoms with Crippen LogP contribution in [0.2, 0.25) is 0 Å². The standard InChI is InChI=1S/C37H45N7O2/c1-27-24-35(38-29-8-11-32(12-9-29)44-22-20-42(2)21-23-44)41-34-13-10-31(25-33(27)34)40-37(46)15-14-36(45)39-30-16-18-43(19-17-30)26-28-6-4-3-5-7-28/h3-13,24-25,30H,14-23,26H2,1-2H3,(H,38,41)(H,39,45)(H,40,46). The largest absolute Gasteiger partial charge is 0.369 e. The number of pyridine rings is 1. The summed E-state index contributed by atoms with van der Waals surface area (Å²) in [5.74, 6) is 0.544. The topological polar surface area (TPSA) is 92.8 Å². The second kappa shape index (κ2) is 14.7. The van der Waals surface area contributed by atoms with Gasteiger partial charge in [0.05, 0.1) is 5.52 Å². The van der Waals surface area contributed by atoms with Crippen LogP contribution in [0.5, 0.6) is 0 Å². The summed E-state index contributed by atoms with van der Waals surface area (Å²) in [5.41, 5.74) is 6.16. The summed E-state index contributed by atoms with van der Waals surface area (Å²) < 4.78 is 0. The molecule has 3 N–H and O–H groups in total. The number of aromatic nitrogens is 1. The molecule has 240 valence electrons. The zero-order chi connectivity index (χ0) is 31.9. The van der Waals surface area contributed by atoms with Crippen molar-refractivity contribution in [3.8, 4) is 0 Å². The average molecular weight is 620 g/mol. The van der Waals surface area contributed by atoms with E-state index in [-0.39, 0.29) is 30.7 Å². The molecule has 0 bridgehead atoms. The Balaban J connectivity index is 0.957. The number of benzene rings is 3. The van der Waals surface area contributed by atoms with Crippen LogP contribution in [0, 0.1) is 6.92 Å². The Morgan fingerprint density at radius 3 is 2.24 bits per heavy atom. The van der Waals surface area contributed by atoms with Crippen LogP contribution in [0.25, 0.3) is 10.9 Å². The van der Waals surface area contributed by atoms with Crippen molar-refractivity contribution in [2.75, 3.05) is 61.8 Å². The van der Waals surface area contributed by atoms with E-state index in [1.807, 2.05) is 37.3 Å². The summed E-state index contributed by atoms with van der Waals surface area (Å²) >= 11 is 0. The number of hydrogen-bond acceptors (Lipinski definition) is 7. The molecule has 2 aliphatic rings. The number of carbonyl (C=O) groups excluding carboxylic acids is 2. The fourth-order valence-electron chi connectivity index (χ4n) is 6.33. The first kappa shape index (κ1) is 31.5. The normalized spacial score (nSPS) is 16.3. The number of fused-ring (bicyclic) bond motifs is 1. The lowest BCUT2D eigenvalue weighted by Crippen LogP contribution is -2.44. The molecule has 0 radical (unpaired) electrons. The Morgan fingerprint density at radius 1 is 0.804 bits per heavy atom. The fourth-order valence-corrected chi connectivity index (χ4v) is 6.33. The third-order valence-electron chi connectivity index (χ3n) is 9.09. The predicted octanol–water partition coefficient (Wildman–Crippen LogP) is 5.54. The number of nitrogens with zero attached hydrogens (tertiary/aromatic N) is 4. The molecule has 0 unspecified atom stereocenters. The second-order valence-electron chi connectivity index (χ2n) is 12.7. The maximum atomic E-state index is 12.7. The Hall–Kier alpha value is -4.47. The summed E-state index contributed by atoms with van der Waals surface area (Å²) in [6, 6.07) is 26.9. The lowest BCUT2D eigenvalue weighted by molar-refractivity contribution is -0.125. The van der Waals surface area contributed by atoms with E-state index < -0.39 is 0 Å². The minimum Gasteiger partial charge on any atom is -0.369 e. The molecule has 2 saturated heterocycles. The second-order valence-corrected chi connectivity index (χ2v) is 12.7. The van der Waals surface area contributed by atoms with Gasteiger partial charge in [0.25, 0.3) is 0 Å². The molecule has 0 spiro atoms. The molecule has 2 aliphatic heterocycles. The Morgan fingerprint density at radius 2 is 1.50 bits per heavy atom. The van der Waals surface area contributed by atoms with Crippen molar-refractivity contribution in [3.63, 3.8) is 0 Å². The lowest BCUT2D eigenvalue weighted by Gasteiger charge is -2.34. The number of rotatable bonds is 10. The van der Waals surface area contributed by atoms with Crippen LogP contribution >= 0.6 is 0 Å². The molecule has 2 amide bonds. The number of carbonyl (C=O) groups is 2. The summed E-state index contributed by atoms with van der Waals surface area (Å²) in [6.07, 6.45) is 2.17. The molecule has 0 saturated carbocycles. The van der Waals surface area contributed by atoms with Crippen LogP contribution in [-0.4, -0.2) is 79.0 Å². The number of nitrogens with one attached hydrogen (secondary N) is 3. The molecule has 0 atom stereocenters. The van der Waals surface area contributed by atoms with Gasteiger partial charge in [0.2, 0.25) is 11.8 Å². The maximum Gasteiger partial charge on any atom is 0.224 e. The van der Waals surface area contributed by atoms with Crippen molar-refractivity contribution in [2.45, 2.75) is 45.2 Å². The first-order valence-corrected chi connectivity index (χ1v) is 16.5. The van der Waals surface area contributed by atoms with E-state index in [1.165, 1.54) is 11.3 Å². The number of likely N-dealkylation sites (N-methyl/N-ethyl adjacent to an activating group) is 1. The number of anilines is 4. The average Bonchev–Trinajstić information content (AvgIpc) is 3.06. The van der Waals surface area contributed by atoms with Gasteiger partial charge in [-0.05, 0) is 86.5 Å². The van der Waals surface area contributed by atoms with E-state index in [2.05, 4.69) is 86.2 Å². The minimum absolute atomic E-state index is 0.0655. The van der Waals surface area contributed by atoms with Gasteiger partial charge < -0.3 is 25.8 Å². The molecular weight excluding hydrogens is 574 g/mol. The number of amides is 2. The molecule has 1 aromatic heterocycles. The lowest BCUT2D eigenvalue weighted by atomic mass is 10.0. The highest BCUT2D eigenvalue weighted by Crippen LogP contribution is 2.27. The van der Waals surface area contributed by atoms with Crippen molar-refractivity contribution < 1.29 is 9.59 Å². The molecule has 4 aromatic rings. The van der Waals surface area contributed by atoms with Crippen LogP contribution in [-0.2, 0) is 16.1 Å². The van der Waals surface area contributed by atoms with E-state index in [1.54, 1.807) is 0 Å². The SMILES string of the molecule is Cc1cc(Nc2ccc(N3CCN(C)CC3)cc2)nc2ccc(NC(=O)CCC(=O)NC3CCN(Cc4ccccc4)CC3)cc12. The van der Waals surface area contributed by atoms with Crippen LogP contribution in [0.3, 0.4) is 0 Å². The zero-order valence-corrected chi connectivity index (χ0v) is 27.0. The van der Waals surface area contributed by atoms with E-state index in [4.69, 9.17) is 4.98 Å². The molecule has 9 heteroatoms. The molecule has 6 rings (SSSR count). The van der Waals surface area contributed by atoms with Crippen LogP contribution in [0.15, 0.2) is 78.9 Å². The third kappa shape index (κ3) is 8.41. The Kier molecular flexibility index (Phi) is 10.1. The summed E-state index contributed by atoms with van der Waals surface area (Å²) in [7, 11) is 2.17. The van der Waals surface area contributed by atoms with Crippen molar-refractivity contribution in [2.24, 2.45) is 0 Å². The van der Waals surface area contributed by atoms with Crippen molar-refractivity contribution in [1.29, 1.82) is 0 Å². The molecule has 46 heavy (non-hydrogen) atoms. The van der Waals surface area contributed by atoms with Crippen molar-refractivity contribution in [3.05, 3.63) is 90.0 Å². The fraction of sp³-hybridized carbons (Fsp3) is 0.378. The molecule has 2 fully saturated rings. The molecule has 3 aromatic carbocycles. The van der Waals surface area contributed by atoms with Gasteiger partial charge in [0.15, 0.2) is 0 Å². The highest BCUT2D eigenvalue weighted by atomic mass is 16.2. The van der Waals surface area contributed by atoms with Crippen LogP contribution in [0.1, 0.15) is 36.8 Å². The molecule has 9 nitrogen and oxygen atoms in total. The molecular formula is C37H45N7O2. The summed E-state index contributed by atoms with van der Waals surface area (Å²) in [4.78, 5) is 37.3. The number of aryl methyl sites for hydroxylation is 1. The number of piperidine rings is 1. The first-order valence-electron chi connectivity index (χ1n) is 16.5. The number of likely N-dealkylation sites (tertiary alicyclic amines) is 1. The van der Waals surface area contributed by atoms with Gasteiger partial charge in [-0.3, -0.25) is 14.5 Å². The predicted molar refractivity (Wildman–Crippen MR) is 187 cm³/mol. The van der Waals surface area contributed by atoms with Gasteiger partial charge in [-0.2, -0.15) is 0 Å². The Bertz CT molecular complexity index is 1630. The van der Waals surface area contributed by atoms with E-state index in [0.717, 1.165) is 86.6 Å². The van der Waals surface area contributed by atoms with E-state index >= 15 is 0 Å². The minimum atomic E-state index is -0.170. The zero-order valence-electron chi connectivity index (χ0n) is 27.0. The van der Waals surface area contributed by atoms with Crippen LogP contribution < -0.4 is 20.9 Å². The third-order valence-corrected chi connectivity index (χ3v) is 9.09. The van der Waals surface area contributed by atoms with E-state index in [0.29, 0.717) is 5.69 Å². The quantitative estimate of drug-likeness (QED) is 0.215. The van der Waals surface area contributed by atoms with Crippen molar-refractivity contribution in [1.82, 2.24) is 20.1 Å². The first-order chi connectivity index (χ1) is 22.4. The van der Waals surface area contributed by atoms with Gasteiger partial charge in [-0.15, -0.1) is 0 Å².